The van der Waals surface area contributed by atoms with E-state index in [-0.39, 0.29) is 23.1 Å². The Morgan fingerprint density at radius 1 is 1.33 bits per heavy atom. The molecule has 1 aromatic carbocycles. The Hall–Kier alpha value is -1.51. The number of hydrogen-bond donors (Lipinski definition) is 1. The minimum Gasteiger partial charge on any atom is -0.396 e. The average molecular weight is 314 g/mol. The second-order valence-corrected chi connectivity index (χ2v) is 7.07. The van der Waals surface area contributed by atoms with Crippen LogP contribution in [-0.4, -0.2) is 42.4 Å². The van der Waals surface area contributed by atoms with Gasteiger partial charge in [-0.15, -0.1) is 0 Å². The van der Waals surface area contributed by atoms with Crippen LogP contribution in [0.2, 0.25) is 0 Å². The van der Waals surface area contributed by atoms with Crippen molar-refractivity contribution in [3.63, 3.8) is 0 Å². The summed E-state index contributed by atoms with van der Waals surface area (Å²) in [7, 11) is -3.63. The number of piperidine rings is 1. The summed E-state index contributed by atoms with van der Waals surface area (Å²) in [4.78, 5) is 10.1. The molecule has 0 aromatic heterocycles. The summed E-state index contributed by atoms with van der Waals surface area (Å²) in [5, 5.41) is 19.6. The van der Waals surface area contributed by atoms with Crippen LogP contribution in [0, 0.1) is 16.0 Å². The fourth-order valence-electron chi connectivity index (χ4n) is 2.55. The molecule has 1 saturated heterocycles. The predicted molar refractivity (Wildman–Crippen MR) is 76.3 cm³/mol. The highest BCUT2D eigenvalue weighted by Gasteiger charge is 2.30. The number of aliphatic hydroxyl groups is 1. The molecule has 1 atom stereocenters. The Kier molecular flexibility index (Phi) is 4.92. The molecule has 116 valence electrons. The molecule has 1 unspecified atom stereocenters. The van der Waals surface area contributed by atoms with Gasteiger partial charge >= 0.3 is 0 Å². The largest absolute Gasteiger partial charge is 0.396 e. The average Bonchev–Trinajstić information content (AvgIpc) is 2.48. The van der Waals surface area contributed by atoms with Crippen LogP contribution in [0.25, 0.3) is 0 Å². The first-order valence-corrected chi connectivity index (χ1v) is 8.24. The molecule has 0 bridgehead atoms. The van der Waals surface area contributed by atoms with Crippen LogP contribution in [0.1, 0.15) is 19.3 Å². The van der Waals surface area contributed by atoms with Crippen molar-refractivity contribution in [2.75, 3.05) is 19.7 Å². The highest BCUT2D eigenvalue weighted by atomic mass is 32.2. The standard InChI is InChI=1S/C13H18N2O5S/c16-9-7-11-2-1-8-14(10-11)21(19,20)13-5-3-12(4-6-13)15(17)18/h3-6,11,16H,1-2,7-10H2. The van der Waals surface area contributed by atoms with Gasteiger partial charge in [0, 0.05) is 31.8 Å². The number of nitro benzene ring substituents is 1. The van der Waals surface area contributed by atoms with Crippen LogP contribution in [0.3, 0.4) is 0 Å². The zero-order chi connectivity index (χ0) is 15.5. The van der Waals surface area contributed by atoms with E-state index in [2.05, 4.69) is 0 Å². The molecule has 0 aliphatic carbocycles. The molecule has 1 heterocycles. The van der Waals surface area contributed by atoms with Crippen LogP contribution in [0.15, 0.2) is 29.2 Å². The van der Waals surface area contributed by atoms with Gasteiger partial charge in [0.2, 0.25) is 10.0 Å². The highest BCUT2D eigenvalue weighted by molar-refractivity contribution is 7.89. The summed E-state index contributed by atoms with van der Waals surface area (Å²) < 4.78 is 26.4. The Balaban J connectivity index is 2.18. The minimum absolute atomic E-state index is 0.0517. The first kappa shape index (κ1) is 15.9. The minimum atomic E-state index is -3.63. The zero-order valence-electron chi connectivity index (χ0n) is 11.5. The van der Waals surface area contributed by atoms with Crippen molar-refractivity contribution in [3.05, 3.63) is 34.4 Å². The van der Waals surface area contributed by atoms with Crippen molar-refractivity contribution >= 4 is 15.7 Å². The Bertz CT molecular complexity index is 597. The van der Waals surface area contributed by atoms with Crippen LogP contribution in [0.5, 0.6) is 0 Å². The molecule has 21 heavy (non-hydrogen) atoms. The van der Waals surface area contributed by atoms with Crippen molar-refractivity contribution in [1.82, 2.24) is 4.31 Å². The van der Waals surface area contributed by atoms with Crippen molar-refractivity contribution in [3.8, 4) is 0 Å². The number of nitro groups is 1. The van der Waals surface area contributed by atoms with Crippen molar-refractivity contribution in [1.29, 1.82) is 0 Å². The van der Waals surface area contributed by atoms with Gasteiger partial charge in [0.15, 0.2) is 0 Å². The quantitative estimate of drug-likeness (QED) is 0.653. The number of aliphatic hydroxyl groups excluding tert-OH is 1. The molecule has 8 heteroatoms. The first-order valence-electron chi connectivity index (χ1n) is 6.80. The Morgan fingerprint density at radius 3 is 2.57 bits per heavy atom. The Labute approximate surface area is 123 Å². The number of non-ortho nitro benzene ring substituents is 1. The van der Waals surface area contributed by atoms with Crippen molar-refractivity contribution in [2.24, 2.45) is 5.92 Å². The number of benzene rings is 1. The predicted octanol–water partition coefficient (Wildman–Crippen LogP) is 1.38. The summed E-state index contributed by atoms with van der Waals surface area (Å²) in [5.74, 6) is 0.163. The van der Waals surface area contributed by atoms with Crippen LogP contribution in [0.4, 0.5) is 5.69 Å². The van der Waals surface area contributed by atoms with Gasteiger partial charge in [0.25, 0.3) is 5.69 Å². The molecule has 0 spiro atoms. The normalized spacial score (nSPS) is 20.3. The molecule has 1 aliphatic heterocycles. The molecule has 1 fully saturated rings. The second-order valence-electron chi connectivity index (χ2n) is 5.13. The van der Waals surface area contributed by atoms with Gasteiger partial charge in [-0.1, -0.05) is 0 Å². The molecule has 0 amide bonds. The van der Waals surface area contributed by atoms with Crippen LogP contribution >= 0.6 is 0 Å². The van der Waals surface area contributed by atoms with E-state index in [4.69, 9.17) is 5.11 Å². The molecule has 1 N–H and O–H groups in total. The number of hydrogen-bond acceptors (Lipinski definition) is 5. The monoisotopic (exact) mass is 314 g/mol. The summed E-state index contributed by atoms with van der Waals surface area (Å²) in [6.07, 6.45) is 2.26. The third kappa shape index (κ3) is 3.58. The lowest BCUT2D eigenvalue weighted by Crippen LogP contribution is -2.40. The molecule has 0 saturated carbocycles. The number of sulfonamides is 1. The fourth-order valence-corrected chi connectivity index (χ4v) is 4.11. The van der Waals surface area contributed by atoms with Crippen LogP contribution < -0.4 is 0 Å². The van der Waals surface area contributed by atoms with Crippen molar-refractivity contribution in [2.45, 2.75) is 24.2 Å². The van der Waals surface area contributed by atoms with Gasteiger partial charge in [-0.05, 0) is 37.3 Å². The maximum Gasteiger partial charge on any atom is 0.269 e. The topological polar surface area (TPSA) is 101 Å². The molecule has 0 radical (unpaired) electrons. The lowest BCUT2D eigenvalue weighted by Gasteiger charge is -2.31. The van der Waals surface area contributed by atoms with Crippen LogP contribution in [-0.2, 0) is 10.0 Å². The van der Waals surface area contributed by atoms with E-state index in [1.807, 2.05) is 0 Å². The van der Waals surface area contributed by atoms with Gasteiger partial charge < -0.3 is 5.11 Å². The summed E-state index contributed by atoms with van der Waals surface area (Å²) in [5.41, 5.74) is -0.134. The highest BCUT2D eigenvalue weighted by Crippen LogP contribution is 2.26. The first-order chi connectivity index (χ1) is 9.95. The van der Waals surface area contributed by atoms with Gasteiger partial charge in [-0.2, -0.15) is 4.31 Å². The molecular weight excluding hydrogens is 296 g/mol. The maximum atomic E-state index is 12.5. The summed E-state index contributed by atoms with van der Waals surface area (Å²) >= 11 is 0. The van der Waals surface area contributed by atoms with E-state index in [0.29, 0.717) is 19.5 Å². The molecule has 2 rings (SSSR count). The van der Waals surface area contributed by atoms with Gasteiger partial charge in [-0.25, -0.2) is 8.42 Å². The van der Waals surface area contributed by atoms with E-state index in [1.165, 1.54) is 28.6 Å². The third-order valence-electron chi connectivity index (χ3n) is 3.70. The maximum absolute atomic E-state index is 12.5. The van der Waals surface area contributed by atoms with Gasteiger partial charge in [-0.3, -0.25) is 10.1 Å². The smallest absolute Gasteiger partial charge is 0.269 e. The summed E-state index contributed by atoms with van der Waals surface area (Å²) in [6.45, 7) is 0.886. The lowest BCUT2D eigenvalue weighted by atomic mass is 9.97. The number of rotatable bonds is 5. The zero-order valence-corrected chi connectivity index (χ0v) is 12.3. The van der Waals surface area contributed by atoms with E-state index in [9.17, 15) is 18.5 Å². The van der Waals surface area contributed by atoms with E-state index < -0.39 is 14.9 Å². The van der Waals surface area contributed by atoms with E-state index in [1.54, 1.807) is 0 Å². The third-order valence-corrected chi connectivity index (χ3v) is 5.58. The van der Waals surface area contributed by atoms with E-state index >= 15 is 0 Å². The Morgan fingerprint density at radius 2 is 2.00 bits per heavy atom. The second kappa shape index (κ2) is 6.50. The fraction of sp³-hybridized carbons (Fsp3) is 0.538. The van der Waals surface area contributed by atoms with E-state index in [0.717, 1.165) is 12.8 Å². The molecule has 7 nitrogen and oxygen atoms in total. The SMILES string of the molecule is O=[N+]([O-])c1ccc(S(=O)(=O)N2CCCC(CCO)C2)cc1. The van der Waals surface area contributed by atoms with Gasteiger partial charge in [0.1, 0.15) is 0 Å². The van der Waals surface area contributed by atoms with Gasteiger partial charge in [0.05, 0.1) is 9.82 Å². The van der Waals surface area contributed by atoms with Crippen molar-refractivity contribution < 1.29 is 18.4 Å². The number of nitrogens with zero attached hydrogens (tertiary/aromatic N) is 2. The molecule has 1 aliphatic rings. The summed E-state index contributed by atoms with van der Waals surface area (Å²) in [6, 6.07) is 4.93. The molecular formula is C13H18N2O5S. The molecule has 1 aromatic rings. The lowest BCUT2D eigenvalue weighted by molar-refractivity contribution is -0.384.